The van der Waals surface area contributed by atoms with Gasteiger partial charge in [0.25, 0.3) is 0 Å². The molecule has 0 N–H and O–H groups in total. The molecule has 0 fully saturated rings. The lowest BCUT2D eigenvalue weighted by Crippen LogP contribution is -2.02. The van der Waals surface area contributed by atoms with E-state index >= 15 is 0 Å². The topological polar surface area (TPSA) is 64.5 Å². The summed E-state index contributed by atoms with van der Waals surface area (Å²) in [7, 11) is 0. The zero-order valence-electron chi connectivity index (χ0n) is 17.6. The second-order valence-corrected chi connectivity index (χ2v) is 7.55. The Hall–Kier alpha value is -3.47. The lowest BCUT2D eigenvalue weighted by molar-refractivity contribution is 0.795. The van der Waals surface area contributed by atoms with E-state index in [0.717, 1.165) is 34.5 Å². The quantitative estimate of drug-likeness (QED) is 0.424. The first kappa shape index (κ1) is 19.8. The third-order valence-electron chi connectivity index (χ3n) is 4.95. The van der Waals surface area contributed by atoms with Crippen LogP contribution >= 0.6 is 0 Å². The van der Waals surface area contributed by atoms with Gasteiger partial charge in [-0.2, -0.15) is 0 Å². The standard InChI is InChI=1S/C25H25N5/c1-4-5-6-19-9-11-20(12-10-19)23-28-24(21-13-7-17(2)15-26-21)30-25(29-23)22-14-8-18(3)16-27-22/h7-16H,4-6H2,1-3H3. The van der Waals surface area contributed by atoms with Gasteiger partial charge in [0, 0.05) is 18.0 Å². The molecule has 0 amide bonds. The highest BCUT2D eigenvalue weighted by Crippen LogP contribution is 2.23. The number of nitrogens with zero attached hydrogens (tertiary/aromatic N) is 5. The zero-order valence-corrected chi connectivity index (χ0v) is 17.6. The second-order valence-electron chi connectivity index (χ2n) is 7.55. The lowest BCUT2D eigenvalue weighted by Gasteiger charge is -2.08. The van der Waals surface area contributed by atoms with E-state index in [9.17, 15) is 0 Å². The van der Waals surface area contributed by atoms with E-state index in [1.807, 2.05) is 50.5 Å². The largest absolute Gasteiger partial charge is 0.253 e. The molecular formula is C25H25N5. The van der Waals surface area contributed by atoms with Crippen molar-refractivity contribution in [1.82, 2.24) is 24.9 Å². The molecule has 3 heterocycles. The van der Waals surface area contributed by atoms with Crippen LogP contribution in [0.4, 0.5) is 0 Å². The Balaban J connectivity index is 1.78. The summed E-state index contributed by atoms with van der Waals surface area (Å²) in [6.45, 7) is 6.23. The number of aryl methyl sites for hydroxylation is 3. The van der Waals surface area contributed by atoms with Crippen molar-refractivity contribution in [2.75, 3.05) is 0 Å². The molecule has 3 aromatic heterocycles. The number of hydrogen-bond donors (Lipinski definition) is 0. The smallest absolute Gasteiger partial charge is 0.182 e. The predicted molar refractivity (Wildman–Crippen MR) is 120 cm³/mol. The van der Waals surface area contributed by atoms with E-state index in [1.54, 1.807) is 0 Å². The molecule has 4 aromatic rings. The first-order chi connectivity index (χ1) is 14.6. The lowest BCUT2D eigenvalue weighted by atomic mass is 10.1. The predicted octanol–water partition coefficient (Wildman–Crippen LogP) is 5.62. The van der Waals surface area contributed by atoms with E-state index in [1.165, 1.54) is 18.4 Å². The van der Waals surface area contributed by atoms with E-state index < -0.39 is 0 Å². The molecule has 5 heteroatoms. The van der Waals surface area contributed by atoms with Crippen molar-refractivity contribution in [2.24, 2.45) is 0 Å². The third kappa shape index (κ3) is 4.57. The average molecular weight is 396 g/mol. The van der Waals surface area contributed by atoms with Crippen LogP contribution < -0.4 is 0 Å². The second kappa shape index (κ2) is 8.91. The molecule has 30 heavy (non-hydrogen) atoms. The molecule has 0 atom stereocenters. The van der Waals surface area contributed by atoms with Gasteiger partial charge in [-0.05, 0) is 55.5 Å². The van der Waals surface area contributed by atoms with Gasteiger partial charge in [0.1, 0.15) is 11.4 Å². The van der Waals surface area contributed by atoms with E-state index in [-0.39, 0.29) is 0 Å². The Labute approximate surface area is 177 Å². The fourth-order valence-electron chi connectivity index (χ4n) is 3.14. The minimum atomic E-state index is 0.549. The van der Waals surface area contributed by atoms with Crippen LogP contribution in [-0.2, 0) is 6.42 Å². The van der Waals surface area contributed by atoms with Gasteiger partial charge >= 0.3 is 0 Å². The number of pyridine rings is 2. The number of benzene rings is 1. The third-order valence-corrected chi connectivity index (χ3v) is 4.95. The van der Waals surface area contributed by atoms with Crippen molar-refractivity contribution in [3.05, 3.63) is 77.6 Å². The molecule has 0 aliphatic rings. The SMILES string of the molecule is CCCCc1ccc(-c2nc(-c3ccc(C)cn3)nc(-c3ccc(C)cn3)n2)cc1. The highest BCUT2D eigenvalue weighted by atomic mass is 15.1. The van der Waals surface area contributed by atoms with Gasteiger partial charge in [-0.15, -0.1) is 0 Å². The summed E-state index contributed by atoms with van der Waals surface area (Å²) in [6, 6.07) is 16.4. The summed E-state index contributed by atoms with van der Waals surface area (Å²) < 4.78 is 0. The van der Waals surface area contributed by atoms with E-state index in [0.29, 0.717) is 17.5 Å². The van der Waals surface area contributed by atoms with Crippen molar-refractivity contribution in [2.45, 2.75) is 40.0 Å². The molecule has 0 spiro atoms. The van der Waals surface area contributed by atoms with Crippen molar-refractivity contribution < 1.29 is 0 Å². The van der Waals surface area contributed by atoms with Crippen LogP contribution in [0, 0.1) is 13.8 Å². The van der Waals surface area contributed by atoms with Crippen LogP contribution in [0.25, 0.3) is 34.4 Å². The normalized spacial score (nSPS) is 10.9. The highest BCUT2D eigenvalue weighted by molar-refractivity contribution is 5.63. The highest BCUT2D eigenvalue weighted by Gasteiger charge is 2.13. The van der Waals surface area contributed by atoms with Crippen molar-refractivity contribution in [3.63, 3.8) is 0 Å². The molecule has 0 bridgehead atoms. The van der Waals surface area contributed by atoms with Crippen LogP contribution in [0.3, 0.4) is 0 Å². The first-order valence-corrected chi connectivity index (χ1v) is 10.3. The van der Waals surface area contributed by atoms with Gasteiger partial charge in [-0.25, -0.2) is 15.0 Å². The Bertz CT molecular complexity index is 1050. The fraction of sp³-hybridized carbons (Fsp3) is 0.240. The zero-order chi connectivity index (χ0) is 20.9. The summed E-state index contributed by atoms with van der Waals surface area (Å²) in [5.41, 5.74) is 5.91. The van der Waals surface area contributed by atoms with Crippen molar-refractivity contribution in [1.29, 1.82) is 0 Å². The summed E-state index contributed by atoms with van der Waals surface area (Å²) in [4.78, 5) is 23.1. The van der Waals surface area contributed by atoms with Gasteiger partial charge < -0.3 is 0 Å². The number of hydrogen-bond acceptors (Lipinski definition) is 5. The average Bonchev–Trinajstić information content (AvgIpc) is 2.79. The molecule has 4 rings (SSSR count). The Morgan fingerprint density at radius 1 is 0.633 bits per heavy atom. The van der Waals surface area contributed by atoms with Gasteiger partial charge in [0.2, 0.25) is 0 Å². The molecule has 150 valence electrons. The van der Waals surface area contributed by atoms with Crippen LogP contribution in [0.2, 0.25) is 0 Å². The van der Waals surface area contributed by atoms with E-state index in [4.69, 9.17) is 9.97 Å². The number of aromatic nitrogens is 5. The monoisotopic (exact) mass is 395 g/mol. The molecule has 0 saturated carbocycles. The minimum Gasteiger partial charge on any atom is -0.253 e. The molecule has 0 radical (unpaired) electrons. The molecule has 0 aliphatic carbocycles. The van der Waals surface area contributed by atoms with Gasteiger partial charge in [0.05, 0.1) is 0 Å². The molecule has 5 nitrogen and oxygen atoms in total. The maximum atomic E-state index is 4.73. The van der Waals surface area contributed by atoms with E-state index in [2.05, 4.69) is 46.1 Å². The Morgan fingerprint density at radius 3 is 1.63 bits per heavy atom. The maximum Gasteiger partial charge on any atom is 0.182 e. The van der Waals surface area contributed by atoms with Crippen LogP contribution in [0.15, 0.2) is 60.9 Å². The van der Waals surface area contributed by atoms with Crippen LogP contribution in [-0.4, -0.2) is 24.9 Å². The van der Waals surface area contributed by atoms with Crippen molar-refractivity contribution in [3.8, 4) is 34.4 Å². The van der Waals surface area contributed by atoms with Crippen molar-refractivity contribution >= 4 is 0 Å². The Morgan fingerprint density at radius 2 is 1.17 bits per heavy atom. The molecule has 1 aromatic carbocycles. The summed E-state index contributed by atoms with van der Waals surface area (Å²) >= 11 is 0. The number of unbranched alkanes of at least 4 members (excludes halogenated alkanes) is 1. The van der Waals surface area contributed by atoms with Gasteiger partial charge in [-0.1, -0.05) is 49.7 Å². The van der Waals surface area contributed by atoms with Crippen LogP contribution in [0.5, 0.6) is 0 Å². The summed E-state index contributed by atoms with van der Waals surface area (Å²) in [5, 5.41) is 0. The van der Waals surface area contributed by atoms with Crippen LogP contribution in [0.1, 0.15) is 36.5 Å². The summed E-state index contributed by atoms with van der Waals surface area (Å²) in [5.74, 6) is 1.72. The summed E-state index contributed by atoms with van der Waals surface area (Å²) in [6.07, 6.45) is 7.12. The number of rotatable bonds is 6. The van der Waals surface area contributed by atoms with Gasteiger partial charge in [-0.3, -0.25) is 9.97 Å². The molecule has 0 unspecified atom stereocenters. The Kier molecular flexibility index (Phi) is 5.89. The minimum absolute atomic E-state index is 0.549. The molecular weight excluding hydrogens is 370 g/mol. The van der Waals surface area contributed by atoms with Gasteiger partial charge in [0.15, 0.2) is 17.5 Å². The maximum absolute atomic E-state index is 4.73. The molecule has 0 aliphatic heterocycles. The fourth-order valence-corrected chi connectivity index (χ4v) is 3.14. The first-order valence-electron chi connectivity index (χ1n) is 10.3. The molecule has 0 saturated heterocycles.